The first-order valence-corrected chi connectivity index (χ1v) is 5.64. The van der Waals surface area contributed by atoms with Crippen molar-refractivity contribution in [3.8, 4) is 0 Å². The highest BCUT2D eigenvalue weighted by Gasteiger charge is 2.03. The maximum atomic E-state index is 4.94. The van der Waals surface area contributed by atoms with Gasteiger partial charge in [-0.25, -0.2) is 0 Å². The van der Waals surface area contributed by atoms with Gasteiger partial charge in [0.1, 0.15) is 0 Å². The number of hydrogen-bond acceptors (Lipinski definition) is 1. The highest BCUT2D eigenvalue weighted by Crippen LogP contribution is 2.16. The van der Waals surface area contributed by atoms with Crippen molar-refractivity contribution in [2.75, 3.05) is 13.2 Å². The lowest BCUT2D eigenvalue weighted by molar-refractivity contribution is 0.198. The molecule has 1 heterocycles. The van der Waals surface area contributed by atoms with Crippen molar-refractivity contribution in [3.05, 3.63) is 0 Å². The summed E-state index contributed by atoms with van der Waals surface area (Å²) in [6, 6.07) is 0. The van der Waals surface area contributed by atoms with E-state index in [9.17, 15) is 0 Å². The summed E-state index contributed by atoms with van der Waals surface area (Å²) in [7, 11) is 0. The van der Waals surface area contributed by atoms with Gasteiger partial charge in [-0.15, -0.1) is 0 Å². The van der Waals surface area contributed by atoms with Crippen LogP contribution in [-0.2, 0) is 4.74 Å². The molecule has 0 saturated carbocycles. The van der Waals surface area contributed by atoms with Gasteiger partial charge in [-0.05, 0) is 18.3 Å². The average molecular weight is 204 g/mol. The normalized spacial score (nSPS) is 14.1. The third kappa shape index (κ3) is 22.7. The van der Waals surface area contributed by atoms with Gasteiger partial charge in [-0.2, -0.15) is 0 Å². The Balaban J connectivity index is -0.000000139. The molecule has 0 spiro atoms. The lowest BCUT2D eigenvalue weighted by Gasteiger charge is -2.12. The second kappa shape index (κ2) is 13.0. The molecule has 1 fully saturated rings. The summed E-state index contributed by atoms with van der Waals surface area (Å²) in [6.07, 6.45) is 3.83. The molecule has 0 amide bonds. The van der Waals surface area contributed by atoms with Gasteiger partial charge in [0.15, 0.2) is 0 Å². The predicted octanol–water partition coefficient (Wildman–Crippen LogP) is 4.90. The summed E-state index contributed by atoms with van der Waals surface area (Å²) in [4.78, 5) is 0. The molecule has 1 aliphatic heterocycles. The Kier molecular flexibility index (Phi) is 18.1. The Bertz CT molecular complexity index is 70.1. The first kappa shape index (κ1) is 19.5. The molecule has 1 heteroatoms. The van der Waals surface area contributed by atoms with E-state index in [0.29, 0.717) is 5.41 Å². The van der Waals surface area contributed by atoms with E-state index in [2.05, 4.69) is 27.7 Å². The number of ether oxygens (including phenoxy) is 1. The molecule has 1 nitrogen and oxygen atoms in total. The number of rotatable bonds is 0. The van der Waals surface area contributed by atoms with Gasteiger partial charge in [0.25, 0.3) is 0 Å². The first-order valence-electron chi connectivity index (χ1n) is 5.64. The van der Waals surface area contributed by atoms with Gasteiger partial charge >= 0.3 is 0 Å². The summed E-state index contributed by atoms with van der Waals surface area (Å²) in [6.45, 7) is 14.9. The second-order valence-corrected chi connectivity index (χ2v) is 4.23. The Labute approximate surface area is 92.2 Å². The van der Waals surface area contributed by atoms with Crippen LogP contribution < -0.4 is 0 Å². The first-order chi connectivity index (χ1) is 6.06. The van der Waals surface area contributed by atoms with Crippen LogP contribution >= 0.6 is 0 Å². The predicted molar refractivity (Wildman–Crippen MR) is 67.9 cm³/mol. The van der Waals surface area contributed by atoms with Gasteiger partial charge in [-0.1, -0.05) is 55.4 Å². The van der Waals surface area contributed by atoms with Gasteiger partial charge in [0.2, 0.25) is 0 Å². The van der Waals surface area contributed by atoms with Crippen molar-refractivity contribution in [3.63, 3.8) is 0 Å². The van der Waals surface area contributed by atoms with Crippen molar-refractivity contribution in [1.29, 1.82) is 0 Å². The standard InChI is InChI=1S/C6H14.C4H8O.C2H6.CH4/c1-5-6(2,3)4;1-2-4-5-3-1;1-2;/h5H2,1-4H3;1-4H2;1-2H3;1H4. The molecule has 0 aromatic rings. The summed E-state index contributed by atoms with van der Waals surface area (Å²) < 4.78 is 4.94. The SMILES string of the molecule is C.C1CCOC1.CC.CCC(C)(C)C. The molecule has 0 radical (unpaired) electrons. The molecular formula is C13H32O. The zero-order valence-corrected chi connectivity index (χ0v) is 10.4. The Morgan fingerprint density at radius 1 is 1.00 bits per heavy atom. The van der Waals surface area contributed by atoms with E-state index >= 15 is 0 Å². The van der Waals surface area contributed by atoms with Crippen LogP contribution in [0.4, 0.5) is 0 Å². The van der Waals surface area contributed by atoms with Crippen LogP contribution in [0.1, 0.15) is 68.2 Å². The van der Waals surface area contributed by atoms with Crippen molar-refractivity contribution in [2.45, 2.75) is 68.2 Å². The highest BCUT2D eigenvalue weighted by atomic mass is 16.5. The summed E-state index contributed by atoms with van der Waals surface area (Å²) in [5, 5.41) is 0. The molecule has 1 aliphatic rings. The van der Waals surface area contributed by atoms with E-state index in [1.165, 1.54) is 19.3 Å². The lowest BCUT2D eigenvalue weighted by atomic mass is 9.94. The highest BCUT2D eigenvalue weighted by molar-refractivity contribution is 4.55. The minimum absolute atomic E-state index is 0. The molecule has 0 unspecified atom stereocenters. The van der Waals surface area contributed by atoms with E-state index in [4.69, 9.17) is 4.74 Å². The van der Waals surface area contributed by atoms with Crippen LogP contribution in [0.3, 0.4) is 0 Å². The zero-order valence-electron chi connectivity index (χ0n) is 10.4. The fraction of sp³-hybridized carbons (Fsp3) is 1.00. The fourth-order valence-corrected chi connectivity index (χ4v) is 0.510. The van der Waals surface area contributed by atoms with Crippen LogP contribution in [-0.4, -0.2) is 13.2 Å². The van der Waals surface area contributed by atoms with E-state index in [-0.39, 0.29) is 7.43 Å². The Morgan fingerprint density at radius 3 is 1.36 bits per heavy atom. The van der Waals surface area contributed by atoms with E-state index < -0.39 is 0 Å². The van der Waals surface area contributed by atoms with Crippen LogP contribution in [0, 0.1) is 5.41 Å². The van der Waals surface area contributed by atoms with Gasteiger partial charge in [0, 0.05) is 13.2 Å². The third-order valence-corrected chi connectivity index (χ3v) is 1.89. The lowest BCUT2D eigenvalue weighted by Crippen LogP contribution is -2.00. The summed E-state index contributed by atoms with van der Waals surface area (Å²) >= 11 is 0. The van der Waals surface area contributed by atoms with Gasteiger partial charge < -0.3 is 4.74 Å². The monoisotopic (exact) mass is 204 g/mol. The quantitative estimate of drug-likeness (QED) is 0.545. The van der Waals surface area contributed by atoms with Gasteiger partial charge in [-0.3, -0.25) is 0 Å². The van der Waals surface area contributed by atoms with E-state index in [0.717, 1.165) is 13.2 Å². The molecular weight excluding hydrogens is 172 g/mol. The molecule has 0 aliphatic carbocycles. The Hall–Kier alpha value is -0.0400. The smallest absolute Gasteiger partial charge is 0.0466 e. The van der Waals surface area contributed by atoms with Crippen LogP contribution in [0.2, 0.25) is 0 Å². The molecule has 0 aromatic heterocycles. The van der Waals surface area contributed by atoms with Crippen molar-refractivity contribution < 1.29 is 4.74 Å². The molecule has 1 saturated heterocycles. The third-order valence-electron chi connectivity index (χ3n) is 1.89. The largest absolute Gasteiger partial charge is 0.381 e. The molecule has 0 aromatic carbocycles. The zero-order chi connectivity index (χ0) is 10.7. The molecule has 1 rings (SSSR count). The minimum Gasteiger partial charge on any atom is -0.381 e. The van der Waals surface area contributed by atoms with Gasteiger partial charge in [0.05, 0.1) is 0 Å². The molecule has 90 valence electrons. The van der Waals surface area contributed by atoms with E-state index in [1.807, 2.05) is 13.8 Å². The molecule has 14 heavy (non-hydrogen) atoms. The average Bonchev–Trinajstić information content (AvgIpc) is 2.64. The summed E-state index contributed by atoms with van der Waals surface area (Å²) in [5.74, 6) is 0. The van der Waals surface area contributed by atoms with Crippen LogP contribution in [0.15, 0.2) is 0 Å². The van der Waals surface area contributed by atoms with Crippen molar-refractivity contribution in [1.82, 2.24) is 0 Å². The van der Waals surface area contributed by atoms with Crippen LogP contribution in [0.25, 0.3) is 0 Å². The van der Waals surface area contributed by atoms with E-state index in [1.54, 1.807) is 0 Å². The molecule has 0 atom stereocenters. The Morgan fingerprint density at radius 2 is 1.29 bits per heavy atom. The second-order valence-electron chi connectivity index (χ2n) is 4.23. The summed E-state index contributed by atoms with van der Waals surface area (Å²) in [5.41, 5.74) is 0.542. The molecule has 0 N–H and O–H groups in total. The number of hydrogen-bond donors (Lipinski definition) is 0. The topological polar surface area (TPSA) is 9.23 Å². The minimum atomic E-state index is 0. The van der Waals surface area contributed by atoms with Crippen LogP contribution in [0.5, 0.6) is 0 Å². The fourth-order valence-electron chi connectivity index (χ4n) is 0.510. The maximum absolute atomic E-state index is 4.94. The molecule has 0 bridgehead atoms. The van der Waals surface area contributed by atoms with Crippen molar-refractivity contribution in [2.24, 2.45) is 5.41 Å². The van der Waals surface area contributed by atoms with Crippen molar-refractivity contribution >= 4 is 0 Å². The maximum Gasteiger partial charge on any atom is 0.0466 e.